The fourth-order valence-electron chi connectivity index (χ4n) is 3.74. The number of fused-ring (bicyclic) bond motifs is 1. The Labute approximate surface area is 168 Å². The molecule has 0 unspecified atom stereocenters. The molecule has 4 aromatic rings. The highest BCUT2D eigenvalue weighted by molar-refractivity contribution is 5.91. The van der Waals surface area contributed by atoms with Gasteiger partial charge in [-0.2, -0.15) is 0 Å². The molecule has 2 heterocycles. The van der Waals surface area contributed by atoms with Gasteiger partial charge < -0.3 is 14.3 Å². The number of H-pyrrole nitrogens is 1. The number of esters is 1. The van der Waals surface area contributed by atoms with Crippen LogP contribution in [0.5, 0.6) is 0 Å². The number of ether oxygens (including phenoxy) is 1. The zero-order valence-corrected chi connectivity index (χ0v) is 16.5. The Hall–Kier alpha value is -3.54. The van der Waals surface area contributed by atoms with Crippen LogP contribution in [-0.2, 0) is 11.3 Å². The lowest BCUT2D eigenvalue weighted by atomic mass is 10.2. The number of nitrogens with one attached hydrogen (secondary N) is 1. The summed E-state index contributed by atoms with van der Waals surface area (Å²) < 4.78 is 9.20. The SMILES string of the molecule is Cc1cc(C(=O)OCCCn2c(=O)[nH]c3ccccc32)c(C)n1-c1ccccc1. The van der Waals surface area contributed by atoms with Crippen molar-refractivity contribution < 1.29 is 9.53 Å². The number of aromatic amines is 1. The fraction of sp³-hybridized carbons (Fsp3) is 0.217. The van der Waals surface area contributed by atoms with Gasteiger partial charge in [0.1, 0.15) is 0 Å². The number of para-hydroxylation sites is 3. The molecular formula is C23H23N3O3. The van der Waals surface area contributed by atoms with Crippen LogP contribution in [0.3, 0.4) is 0 Å². The zero-order valence-electron chi connectivity index (χ0n) is 16.5. The maximum absolute atomic E-state index is 12.6. The first-order chi connectivity index (χ1) is 14.1. The van der Waals surface area contributed by atoms with Crippen LogP contribution in [0.25, 0.3) is 16.7 Å². The van der Waals surface area contributed by atoms with Crippen LogP contribution in [0, 0.1) is 13.8 Å². The van der Waals surface area contributed by atoms with Gasteiger partial charge in [-0.05, 0) is 50.6 Å². The average molecular weight is 389 g/mol. The van der Waals surface area contributed by atoms with E-state index in [1.54, 1.807) is 4.57 Å². The Morgan fingerprint density at radius 1 is 1.03 bits per heavy atom. The number of rotatable bonds is 6. The average Bonchev–Trinajstić information content (AvgIpc) is 3.21. The molecule has 6 heteroatoms. The summed E-state index contributed by atoms with van der Waals surface area (Å²) in [6.07, 6.45) is 0.560. The summed E-state index contributed by atoms with van der Waals surface area (Å²) in [6.45, 7) is 4.63. The minimum Gasteiger partial charge on any atom is -0.462 e. The van der Waals surface area contributed by atoms with Gasteiger partial charge in [0.15, 0.2) is 0 Å². The summed E-state index contributed by atoms with van der Waals surface area (Å²) in [7, 11) is 0. The Balaban J connectivity index is 1.42. The van der Waals surface area contributed by atoms with Crippen LogP contribution < -0.4 is 5.69 Å². The first-order valence-corrected chi connectivity index (χ1v) is 9.65. The highest BCUT2D eigenvalue weighted by Crippen LogP contribution is 2.21. The minimum atomic E-state index is -0.341. The predicted molar refractivity (Wildman–Crippen MR) is 113 cm³/mol. The summed E-state index contributed by atoms with van der Waals surface area (Å²) in [5.74, 6) is -0.341. The molecule has 0 fully saturated rings. The molecule has 0 aliphatic heterocycles. The summed E-state index contributed by atoms with van der Waals surface area (Å²) in [5, 5.41) is 0. The monoisotopic (exact) mass is 389 g/mol. The Morgan fingerprint density at radius 2 is 1.76 bits per heavy atom. The minimum absolute atomic E-state index is 0.149. The summed E-state index contributed by atoms with van der Waals surface area (Å²) in [4.78, 5) is 27.5. The topological polar surface area (TPSA) is 69.0 Å². The van der Waals surface area contributed by atoms with Gasteiger partial charge in [0.05, 0.1) is 23.2 Å². The maximum atomic E-state index is 12.6. The number of hydrogen-bond acceptors (Lipinski definition) is 3. The predicted octanol–water partition coefficient (Wildman–Crippen LogP) is 3.98. The van der Waals surface area contributed by atoms with E-state index in [0.29, 0.717) is 18.5 Å². The standard InChI is InChI=1S/C23H23N3O3/c1-16-15-19(17(2)26(16)18-9-4-3-5-10-18)22(27)29-14-8-13-25-21-12-7-6-11-20(21)24-23(25)28/h3-7,9-12,15H,8,13-14H2,1-2H3,(H,24,28). The van der Waals surface area contributed by atoms with Crippen molar-refractivity contribution in [2.24, 2.45) is 0 Å². The van der Waals surface area contributed by atoms with Crippen LogP contribution in [0.15, 0.2) is 65.5 Å². The molecule has 0 saturated carbocycles. The normalized spacial score (nSPS) is 11.1. The van der Waals surface area contributed by atoms with Crippen LogP contribution >= 0.6 is 0 Å². The van der Waals surface area contributed by atoms with E-state index in [1.165, 1.54) is 0 Å². The molecule has 0 amide bonds. The van der Waals surface area contributed by atoms with Gasteiger partial charge >= 0.3 is 11.7 Å². The van der Waals surface area contributed by atoms with Crippen molar-refractivity contribution in [2.45, 2.75) is 26.8 Å². The molecule has 0 atom stereocenters. The largest absolute Gasteiger partial charge is 0.462 e. The maximum Gasteiger partial charge on any atom is 0.339 e. The van der Waals surface area contributed by atoms with E-state index in [1.807, 2.05) is 79.1 Å². The molecule has 0 aliphatic carbocycles. The number of aromatic nitrogens is 3. The van der Waals surface area contributed by atoms with Crippen molar-refractivity contribution in [1.82, 2.24) is 14.1 Å². The number of nitrogens with zero attached hydrogens (tertiary/aromatic N) is 2. The van der Waals surface area contributed by atoms with Crippen LogP contribution in [0.1, 0.15) is 28.2 Å². The van der Waals surface area contributed by atoms with Crippen LogP contribution in [-0.4, -0.2) is 26.7 Å². The van der Waals surface area contributed by atoms with Crippen molar-refractivity contribution in [2.75, 3.05) is 6.61 Å². The van der Waals surface area contributed by atoms with Crippen molar-refractivity contribution in [3.63, 3.8) is 0 Å². The molecule has 0 bridgehead atoms. The van der Waals surface area contributed by atoms with Crippen LogP contribution in [0.2, 0.25) is 0 Å². The van der Waals surface area contributed by atoms with Gasteiger partial charge in [-0.15, -0.1) is 0 Å². The first-order valence-electron chi connectivity index (χ1n) is 9.65. The highest BCUT2D eigenvalue weighted by atomic mass is 16.5. The third-order valence-electron chi connectivity index (χ3n) is 5.11. The van der Waals surface area contributed by atoms with E-state index in [9.17, 15) is 9.59 Å². The quantitative estimate of drug-likeness (QED) is 0.401. The molecule has 29 heavy (non-hydrogen) atoms. The fourth-order valence-corrected chi connectivity index (χ4v) is 3.74. The summed E-state index contributed by atoms with van der Waals surface area (Å²) >= 11 is 0. The van der Waals surface area contributed by atoms with E-state index in [2.05, 4.69) is 4.98 Å². The number of carbonyl (C=O) groups is 1. The second-order valence-corrected chi connectivity index (χ2v) is 7.04. The van der Waals surface area contributed by atoms with Gasteiger partial charge in [0.25, 0.3) is 0 Å². The summed E-state index contributed by atoms with van der Waals surface area (Å²) in [6, 6.07) is 19.3. The number of carbonyl (C=O) groups excluding carboxylic acids is 1. The molecule has 6 nitrogen and oxygen atoms in total. The molecule has 148 valence electrons. The van der Waals surface area contributed by atoms with Gasteiger partial charge in [-0.25, -0.2) is 9.59 Å². The van der Waals surface area contributed by atoms with Crippen molar-refractivity contribution in [1.29, 1.82) is 0 Å². The molecule has 0 saturated heterocycles. The second kappa shape index (κ2) is 7.83. The first kappa shape index (κ1) is 18.8. The molecule has 1 N–H and O–H groups in total. The lowest BCUT2D eigenvalue weighted by molar-refractivity contribution is 0.0495. The number of benzene rings is 2. The third kappa shape index (κ3) is 3.61. The molecule has 2 aromatic heterocycles. The highest BCUT2D eigenvalue weighted by Gasteiger charge is 2.17. The molecule has 4 rings (SSSR count). The van der Waals surface area contributed by atoms with Gasteiger partial charge in [0.2, 0.25) is 0 Å². The third-order valence-corrected chi connectivity index (χ3v) is 5.11. The Bertz CT molecular complexity index is 1220. The molecular weight excluding hydrogens is 366 g/mol. The van der Waals surface area contributed by atoms with Gasteiger partial charge in [-0.1, -0.05) is 30.3 Å². The van der Waals surface area contributed by atoms with Gasteiger partial charge in [0, 0.05) is 23.6 Å². The van der Waals surface area contributed by atoms with Crippen LogP contribution in [0.4, 0.5) is 0 Å². The number of imidazole rings is 1. The lowest BCUT2D eigenvalue weighted by Crippen LogP contribution is -2.18. The van der Waals surface area contributed by atoms with Crippen molar-refractivity contribution in [3.8, 4) is 5.69 Å². The summed E-state index contributed by atoms with van der Waals surface area (Å²) in [5.41, 5.74) is 4.93. The Morgan fingerprint density at radius 3 is 2.55 bits per heavy atom. The lowest BCUT2D eigenvalue weighted by Gasteiger charge is -2.10. The molecule has 0 aliphatic rings. The van der Waals surface area contributed by atoms with E-state index in [-0.39, 0.29) is 18.3 Å². The van der Waals surface area contributed by atoms with E-state index in [4.69, 9.17) is 4.74 Å². The van der Waals surface area contributed by atoms with Crippen molar-refractivity contribution >= 4 is 17.0 Å². The van der Waals surface area contributed by atoms with E-state index in [0.717, 1.165) is 28.1 Å². The van der Waals surface area contributed by atoms with Gasteiger partial charge in [-0.3, -0.25) is 4.57 Å². The second-order valence-electron chi connectivity index (χ2n) is 7.04. The van der Waals surface area contributed by atoms with E-state index >= 15 is 0 Å². The zero-order chi connectivity index (χ0) is 20.4. The number of aryl methyl sites for hydroxylation is 2. The smallest absolute Gasteiger partial charge is 0.339 e. The number of hydrogen-bond donors (Lipinski definition) is 1. The Kier molecular flexibility index (Phi) is 5.08. The van der Waals surface area contributed by atoms with Crippen molar-refractivity contribution in [3.05, 3.63) is 88.1 Å². The van der Waals surface area contributed by atoms with E-state index < -0.39 is 0 Å². The molecule has 0 spiro atoms. The molecule has 2 aromatic carbocycles. The molecule has 0 radical (unpaired) electrons.